The van der Waals surface area contributed by atoms with Crippen molar-refractivity contribution in [1.29, 1.82) is 0 Å². The van der Waals surface area contributed by atoms with Crippen LogP contribution in [-0.2, 0) is 26.3 Å². The maximum atomic E-state index is 13.9. The van der Waals surface area contributed by atoms with Crippen molar-refractivity contribution in [1.82, 2.24) is 4.98 Å². The lowest BCUT2D eigenvalue weighted by Gasteiger charge is -2.40. The molecule has 258 valence electrons. The Balaban J connectivity index is 1.22. The summed E-state index contributed by atoms with van der Waals surface area (Å²) < 4.78 is 17.5. The number of nitrogens with one attached hydrogen (secondary N) is 1. The maximum absolute atomic E-state index is 13.9. The number of aromatic amines is 1. The van der Waals surface area contributed by atoms with Crippen molar-refractivity contribution < 1.29 is 54.8 Å². The zero-order valence-corrected chi connectivity index (χ0v) is 26.5. The highest BCUT2D eigenvalue weighted by atomic mass is 16.7. The molecule has 12 nitrogen and oxygen atoms in total. The van der Waals surface area contributed by atoms with Crippen LogP contribution in [0.15, 0.2) is 72.8 Å². The lowest BCUT2D eigenvalue weighted by Crippen LogP contribution is -2.49. The van der Waals surface area contributed by atoms with E-state index in [1.807, 2.05) is 48.5 Å². The number of aromatic nitrogens is 1. The molecule has 0 radical (unpaired) electrons. The van der Waals surface area contributed by atoms with Crippen LogP contribution in [0.5, 0.6) is 11.5 Å². The molecule has 1 saturated heterocycles. The first kappa shape index (κ1) is 33.4. The SMILES string of the molecule is O=C(Oc1c(CO)[nH]c2ccc3cc4ccccc4cc3c12)C1OC(O)(CO)C(O)C1OCC(C(O)O)C1(c2ccc(O)cc2)CCCC1. The first-order valence-electron chi connectivity index (χ1n) is 16.3. The molecule has 5 atom stereocenters. The van der Waals surface area contributed by atoms with Gasteiger partial charge in [0.1, 0.15) is 18.0 Å². The molecule has 8 N–H and O–H groups in total. The summed E-state index contributed by atoms with van der Waals surface area (Å²) in [6, 6.07) is 22.0. The van der Waals surface area contributed by atoms with Crippen molar-refractivity contribution in [3.8, 4) is 11.5 Å². The van der Waals surface area contributed by atoms with E-state index in [0.717, 1.165) is 39.9 Å². The number of aromatic hydroxyl groups is 1. The summed E-state index contributed by atoms with van der Waals surface area (Å²) in [5.74, 6) is -4.51. The Morgan fingerprint density at radius 2 is 1.65 bits per heavy atom. The standard InChI is InChI=1S/C37H39NO11/c39-17-28-30(29-25-16-21-6-2-1-5-20(21)15-22(25)7-12-27(29)38-28)48-35(45)32-31(33(42)37(46,19-40)49-32)47-18-26(34(43)44)36(13-3-4-14-36)23-8-10-24(41)11-9-23/h1-2,5-12,15-16,26,31-34,38-44,46H,3-4,13-14,17-19H2. The largest absolute Gasteiger partial charge is 0.508 e. The second-order valence-corrected chi connectivity index (χ2v) is 13.1. The van der Waals surface area contributed by atoms with Gasteiger partial charge in [-0.15, -0.1) is 0 Å². The highest BCUT2D eigenvalue weighted by Gasteiger charge is 2.58. The monoisotopic (exact) mass is 673 g/mol. The summed E-state index contributed by atoms with van der Waals surface area (Å²) in [4.78, 5) is 17.0. The Morgan fingerprint density at radius 3 is 2.31 bits per heavy atom. The number of H-pyrrole nitrogens is 1. The lowest BCUT2D eigenvalue weighted by atomic mass is 9.68. The Labute approximate surface area is 280 Å². The highest BCUT2D eigenvalue weighted by molar-refractivity contribution is 6.14. The topological polar surface area (TPSA) is 202 Å². The molecule has 5 aromatic rings. The number of ether oxygens (including phenoxy) is 3. The molecular formula is C37H39NO11. The molecule has 0 bridgehead atoms. The number of carbonyl (C=O) groups excluding carboxylic acids is 1. The molecule has 5 unspecified atom stereocenters. The average molecular weight is 674 g/mol. The van der Waals surface area contributed by atoms with E-state index in [-0.39, 0.29) is 23.8 Å². The molecule has 1 saturated carbocycles. The third kappa shape index (κ3) is 5.73. The zero-order valence-electron chi connectivity index (χ0n) is 26.5. The molecule has 2 aliphatic rings. The first-order valence-corrected chi connectivity index (χ1v) is 16.3. The number of esters is 1. The van der Waals surface area contributed by atoms with Gasteiger partial charge in [0, 0.05) is 11.3 Å². The van der Waals surface area contributed by atoms with Crippen LogP contribution in [0.25, 0.3) is 32.4 Å². The van der Waals surface area contributed by atoms with E-state index in [1.54, 1.807) is 12.1 Å². The van der Waals surface area contributed by atoms with Crippen molar-refractivity contribution in [2.24, 2.45) is 5.92 Å². The van der Waals surface area contributed by atoms with Gasteiger partial charge in [-0.1, -0.05) is 55.3 Å². The van der Waals surface area contributed by atoms with Crippen molar-refractivity contribution in [3.05, 3.63) is 84.1 Å². The molecule has 7 rings (SSSR count). The summed E-state index contributed by atoms with van der Waals surface area (Å²) in [7, 11) is 0. The van der Waals surface area contributed by atoms with E-state index in [2.05, 4.69) is 4.98 Å². The second kappa shape index (κ2) is 13.0. The van der Waals surface area contributed by atoms with Crippen LogP contribution in [0.1, 0.15) is 36.9 Å². The van der Waals surface area contributed by atoms with Crippen molar-refractivity contribution in [3.63, 3.8) is 0 Å². The van der Waals surface area contributed by atoms with E-state index in [4.69, 9.17) is 14.2 Å². The summed E-state index contributed by atoms with van der Waals surface area (Å²) in [5, 5.41) is 77.5. The normalized spacial score (nSPS) is 24.3. The molecule has 12 heteroatoms. The van der Waals surface area contributed by atoms with E-state index >= 15 is 0 Å². The van der Waals surface area contributed by atoms with E-state index in [1.165, 1.54) is 12.1 Å². The van der Waals surface area contributed by atoms with Crippen molar-refractivity contribution in [2.45, 2.75) is 68.1 Å². The zero-order chi connectivity index (χ0) is 34.5. The van der Waals surface area contributed by atoms with Gasteiger partial charge < -0.3 is 54.9 Å². The van der Waals surface area contributed by atoms with Crippen LogP contribution in [-0.4, -0.2) is 90.3 Å². The number of rotatable bonds is 10. The summed E-state index contributed by atoms with van der Waals surface area (Å²) in [5.41, 5.74) is 0.808. The molecule has 1 aliphatic carbocycles. The minimum atomic E-state index is -2.59. The van der Waals surface area contributed by atoms with Crippen LogP contribution in [0, 0.1) is 5.92 Å². The van der Waals surface area contributed by atoms with Gasteiger partial charge in [-0.3, -0.25) is 0 Å². The Bertz CT molecular complexity index is 1980. The third-order valence-electron chi connectivity index (χ3n) is 10.4. The van der Waals surface area contributed by atoms with E-state index in [9.17, 15) is 40.5 Å². The van der Waals surface area contributed by atoms with Gasteiger partial charge in [-0.2, -0.15) is 0 Å². The van der Waals surface area contributed by atoms with Crippen LogP contribution < -0.4 is 4.74 Å². The quantitative estimate of drug-likeness (QED) is 0.0616. The first-order chi connectivity index (χ1) is 23.6. The molecular weight excluding hydrogens is 634 g/mol. The van der Waals surface area contributed by atoms with E-state index < -0.39 is 60.9 Å². The van der Waals surface area contributed by atoms with Gasteiger partial charge in [-0.05, 0) is 70.3 Å². The third-order valence-corrected chi connectivity index (χ3v) is 10.4. The van der Waals surface area contributed by atoms with Crippen LogP contribution in [0.2, 0.25) is 0 Å². The molecule has 0 amide bonds. The predicted octanol–water partition coefficient (Wildman–Crippen LogP) is 2.84. The molecule has 49 heavy (non-hydrogen) atoms. The van der Waals surface area contributed by atoms with E-state index in [0.29, 0.717) is 23.7 Å². The van der Waals surface area contributed by atoms with Crippen molar-refractivity contribution in [2.75, 3.05) is 13.2 Å². The number of phenolic OH excluding ortho intramolecular Hbond substituents is 1. The van der Waals surface area contributed by atoms with Crippen molar-refractivity contribution >= 4 is 38.4 Å². The smallest absolute Gasteiger partial charge is 0.343 e. The number of fused-ring (bicyclic) bond motifs is 4. The maximum Gasteiger partial charge on any atom is 0.343 e. The van der Waals surface area contributed by atoms with Gasteiger partial charge in [0.15, 0.2) is 18.1 Å². The number of hydrogen-bond donors (Lipinski definition) is 8. The number of phenols is 1. The fourth-order valence-corrected chi connectivity index (χ4v) is 7.80. The van der Waals surface area contributed by atoms with Gasteiger partial charge in [0.2, 0.25) is 5.79 Å². The summed E-state index contributed by atoms with van der Waals surface area (Å²) >= 11 is 0. The number of benzene rings is 4. The Kier molecular flexibility index (Phi) is 8.84. The minimum Gasteiger partial charge on any atom is -0.508 e. The Hall–Kier alpha value is -4.11. The molecule has 0 spiro atoms. The second-order valence-electron chi connectivity index (χ2n) is 13.1. The number of carbonyl (C=O) groups is 1. The summed E-state index contributed by atoms with van der Waals surface area (Å²) in [6.45, 7) is -1.95. The van der Waals surface area contributed by atoms with Crippen LogP contribution in [0.4, 0.5) is 0 Å². The fraction of sp³-hybridized carbons (Fsp3) is 0.378. The van der Waals surface area contributed by atoms with Gasteiger partial charge in [0.05, 0.1) is 36.4 Å². The molecule has 1 aromatic heterocycles. The number of aliphatic hydroxyl groups excluding tert-OH is 4. The molecule has 1 aliphatic heterocycles. The predicted molar refractivity (Wildman–Crippen MR) is 177 cm³/mol. The fourth-order valence-electron chi connectivity index (χ4n) is 7.80. The van der Waals surface area contributed by atoms with Crippen LogP contribution in [0.3, 0.4) is 0 Å². The van der Waals surface area contributed by atoms with Gasteiger partial charge >= 0.3 is 5.97 Å². The van der Waals surface area contributed by atoms with Gasteiger partial charge in [-0.25, -0.2) is 4.79 Å². The average Bonchev–Trinajstić information content (AvgIpc) is 3.80. The summed E-state index contributed by atoms with van der Waals surface area (Å²) in [6.07, 6.45) is -4.35. The van der Waals surface area contributed by atoms with Crippen LogP contribution >= 0.6 is 0 Å². The molecule has 2 fully saturated rings. The minimum absolute atomic E-state index is 0.0283. The highest BCUT2D eigenvalue weighted by Crippen LogP contribution is 2.49. The van der Waals surface area contributed by atoms with Gasteiger partial charge in [0.25, 0.3) is 0 Å². The molecule has 4 aromatic carbocycles. The number of aliphatic hydroxyl groups is 6. The Morgan fingerprint density at radius 1 is 0.959 bits per heavy atom. The lowest BCUT2D eigenvalue weighted by molar-refractivity contribution is -0.246. The molecule has 2 heterocycles. The number of hydrogen-bond acceptors (Lipinski definition) is 11.